The van der Waals surface area contributed by atoms with Crippen LogP contribution in [0.15, 0.2) is 18.2 Å². The Morgan fingerprint density at radius 3 is 2.44 bits per heavy atom. The van der Waals surface area contributed by atoms with E-state index in [4.69, 9.17) is 19.3 Å². The summed E-state index contributed by atoms with van der Waals surface area (Å²) < 4.78 is 15.1. The number of carbonyl (C=O) groups is 1. The Kier molecular flexibility index (Phi) is 4.28. The summed E-state index contributed by atoms with van der Waals surface area (Å²) >= 11 is 0. The van der Waals surface area contributed by atoms with Crippen LogP contribution in [-0.4, -0.2) is 31.8 Å². The van der Waals surface area contributed by atoms with Gasteiger partial charge in [0.1, 0.15) is 5.75 Å². The molecule has 0 aliphatic carbocycles. The van der Waals surface area contributed by atoms with Crippen LogP contribution in [0.25, 0.3) is 0 Å². The maximum Gasteiger partial charge on any atom is 0.335 e. The predicted molar refractivity (Wildman–Crippen MR) is 56.6 cm³/mol. The summed E-state index contributed by atoms with van der Waals surface area (Å²) in [4.78, 5) is 10.8. The number of aryl methyl sites for hydroxylation is 1. The van der Waals surface area contributed by atoms with Crippen LogP contribution in [0.3, 0.4) is 0 Å². The smallest absolute Gasteiger partial charge is 0.335 e. The van der Waals surface area contributed by atoms with Gasteiger partial charge in [0, 0.05) is 14.2 Å². The molecule has 1 N–H and O–H groups in total. The Bertz CT molecular complexity index is 371. The molecule has 0 bridgehead atoms. The maximum atomic E-state index is 10.8. The van der Waals surface area contributed by atoms with Crippen molar-refractivity contribution in [1.29, 1.82) is 0 Å². The Labute approximate surface area is 93.6 Å². The second-order valence-corrected chi connectivity index (χ2v) is 3.16. The van der Waals surface area contributed by atoms with Gasteiger partial charge in [-0.15, -0.1) is 0 Å². The topological polar surface area (TPSA) is 65.0 Å². The van der Waals surface area contributed by atoms with Gasteiger partial charge in [0.25, 0.3) is 0 Å². The maximum absolute atomic E-state index is 10.8. The molecule has 88 valence electrons. The number of benzene rings is 1. The summed E-state index contributed by atoms with van der Waals surface area (Å²) in [6.07, 6.45) is 0. The van der Waals surface area contributed by atoms with Gasteiger partial charge in [0.05, 0.1) is 5.56 Å². The van der Waals surface area contributed by atoms with Crippen molar-refractivity contribution in [2.45, 2.75) is 13.4 Å². The van der Waals surface area contributed by atoms with Crippen molar-refractivity contribution in [3.63, 3.8) is 0 Å². The SMILES string of the molecule is COC(OC)Oc1cc(C(=O)O)ccc1C. The lowest BCUT2D eigenvalue weighted by Gasteiger charge is -2.16. The molecule has 1 rings (SSSR count). The second-order valence-electron chi connectivity index (χ2n) is 3.16. The van der Waals surface area contributed by atoms with Gasteiger partial charge in [-0.1, -0.05) is 6.07 Å². The summed E-state index contributed by atoms with van der Waals surface area (Å²) in [5.74, 6) is -0.579. The van der Waals surface area contributed by atoms with Crippen molar-refractivity contribution >= 4 is 5.97 Å². The first-order chi connectivity index (χ1) is 7.58. The fourth-order valence-corrected chi connectivity index (χ4v) is 1.16. The van der Waals surface area contributed by atoms with Crippen LogP contribution in [0.4, 0.5) is 0 Å². The zero-order valence-electron chi connectivity index (χ0n) is 9.39. The number of aromatic carboxylic acids is 1. The molecule has 0 saturated heterocycles. The van der Waals surface area contributed by atoms with Gasteiger partial charge in [-0.3, -0.25) is 0 Å². The second kappa shape index (κ2) is 5.48. The van der Waals surface area contributed by atoms with E-state index in [1.165, 1.54) is 26.4 Å². The third-order valence-corrected chi connectivity index (χ3v) is 2.04. The molecular weight excluding hydrogens is 212 g/mol. The highest BCUT2D eigenvalue weighted by Crippen LogP contribution is 2.21. The van der Waals surface area contributed by atoms with E-state index in [1.807, 2.05) is 6.92 Å². The molecule has 0 heterocycles. The first-order valence-corrected chi connectivity index (χ1v) is 4.64. The van der Waals surface area contributed by atoms with E-state index in [1.54, 1.807) is 6.07 Å². The molecule has 5 nitrogen and oxygen atoms in total. The van der Waals surface area contributed by atoms with Crippen LogP contribution >= 0.6 is 0 Å². The van der Waals surface area contributed by atoms with Crippen molar-refractivity contribution in [3.8, 4) is 5.75 Å². The average Bonchev–Trinajstić information content (AvgIpc) is 2.27. The van der Waals surface area contributed by atoms with Crippen LogP contribution in [0.2, 0.25) is 0 Å². The standard InChI is InChI=1S/C11H14O5/c1-7-4-5-8(10(12)13)6-9(7)16-11(14-2)15-3/h4-6,11H,1-3H3,(H,12,13). The number of carboxylic acid groups (broad SMARTS) is 1. The van der Waals surface area contributed by atoms with E-state index in [-0.39, 0.29) is 5.56 Å². The summed E-state index contributed by atoms with van der Waals surface area (Å²) in [5, 5.41) is 8.83. The number of hydrogen-bond donors (Lipinski definition) is 1. The number of hydrogen-bond acceptors (Lipinski definition) is 4. The third-order valence-electron chi connectivity index (χ3n) is 2.04. The Balaban J connectivity index is 2.93. The van der Waals surface area contributed by atoms with Crippen molar-refractivity contribution < 1.29 is 24.1 Å². The number of rotatable bonds is 5. The third kappa shape index (κ3) is 2.95. The van der Waals surface area contributed by atoms with Crippen molar-refractivity contribution in [2.24, 2.45) is 0 Å². The monoisotopic (exact) mass is 226 g/mol. The van der Waals surface area contributed by atoms with Gasteiger partial charge >= 0.3 is 12.4 Å². The molecule has 16 heavy (non-hydrogen) atoms. The minimum Gasteiger partial charge on any atom is -0.478 e. The number of ether oxygens (including phenoxy) is 3. The molecule has 5 heteroatoms. The molecule has 1 aromatic rings. The molecular formula is C11H14O5. The fraction of sp³-hybridized carbons (Fsp3) is 0.364. The molecule has 0 aliphatic heterocycles. The molecule has 0 radical (unpaired) electrons. The number of methoxy groups -OCH3 is 2. The summed E-state index contributed by atoms with van der Waals surface area (Å²) in [5.41, 5.74) is 0.968. The molecule has 1 aromatic carbocycles. The van der Waals surface area contributed by atoms with Crippen LogP contribution in [0.1, 0.15) is 15.9 Å². The largest absolute Gasteiger partial charge is 0.478 e. The zero-order chi connectivity index (χ0) is 12.1. The van der Waals surface area contributed by atoms with Gasteiger partial charge < -0.3 is 19.3 Å². The molecule has 0 amide bonds. The molecule has 0 spiro atoms. The van der Waals surface area contributed by atoms with Crippen LogP contribution in [-0.2, 0) is 9.47 Å². The highest BCUT2D eigenvalue weighted by molar-refractivity contribution is 5.88. The summed E-state index contributed by atoms with van der Waals surface area (Å²) in [6.45, 7) is 0.964. The van der Waals surface area contributed by atoms with Crippen molar-refractivity contribution in [2.75, 3.05) is 14.2 Å². The molecule has 0 aliphatic rings. The first-order valence-electron chi connectivity index (χ1n) is 4.64. The van der Waals surface area contributed by atoms with Crippen LogP contribution < -0.4 is 4.74 Å². The van der Waals surface area contributed by atoms with Gasteiger partial charge in [-0.2, -0.15) is 0 Å². The Morgan fingerprint density at radius 2 is 1.94 bits per heavy atom. The molecule has 0 atom stereocenters. The van der Waals surface area contributed by atoms with E-state index in [0.717, 1.165) is 5.56 Å². The quantitative estimate of drug-likeness (QED) is 0.773. The van der Waals surface area contributed by atoms with E-state index in [0.29, 0.717) is 5.75 Å². The van der Waals surface area contributed by atoms with Crippen LogP contribution in [0.5, 0.6) is 5.75 Å². The minimum atomic E-state index is -1.00. The van der Waals surface area contributed by atoms with Crippen LogP contribution in [0, 0.1) is 6.92 Å². The van der Waals surface area contributed by atoms with Crippen molar-refractivity contribution in [1.82, 2.24) is 0 Å². The lowest BCUT2D eigenvalue weighted by Crippen LogP contribution is -2.21. The van der Waals surface area contributed by atoms with Gasteiger partial charge in [-0.25, -0.2) is 4.79 Å². The predicted octanol–water partition coefficient (Wildman–Crippen LogP) is 1.65. The van der Waals surface area contributed by atoms with Gasteiger partial charge in [0.15, 0.2) is 0 Å². The summed E-state index contributed by atoms with van der Waals surface area (Å²) in [6, 6.07) is 4.61. The van der Waals surface area contributed by atoms with E-state index >= 15 is 0 Å². The van der Waals surface area contributed by atoms with Gasteiger partial charge in [0.2, 0.25) is 0 Å². The fourth-order valence-electron chi connectivity index (χ4n) is 1.16. The lowest BCUT2D eigenvalue weighted by atomic mass is 10.1. The zero-order valence-corrected chi connectivity index (χ0v) is 9.39. The molecule has 0 fully saturated rings. The lowest BCUT2D eigenvalue weighted by molar-refractivity contribution is -0.219. The molecule has 0 aromatic heterocycles. The van der Waals surface area contributed by atoms with E-state index < -0.39 is 12.4 Å². The number of carboxylic acids is 1. The summed E-state index contributed by atoms with van der Waals surface area (Å²) in [7, 11) is 2.87. The highest BCUT2D eigenvalue weighted by Gasteiger charge is 2.11. The van der Waals surface area contributed by atoms with Crippen molar-refractivity contribution in [3.05, 3.63) is 29.3 Å². The highest BCUT2D eigenvalue weighted by atomic mass is 16.8. The average molecular weight is 226 g/mol. The normalized spacial score (nSPS) is 10.5. The first kappa shape index (κ1) is 12.5. The van der Waals surface area contributed by atoms with Gasteiger partial charge in [-0.05, 0) is 24.6 Å². The van der Waals surface area contributed by atoms with E-state index in [9.17, 15) is 4.79 Å². The van der Waals surface area contributed by atoms with E-state index in [2.05, 4.69) is 0 Å². The Morgan fingerprint density at radius 1 is 1.31 bits per heavy atom. The Hall–Kier alpha value is -1.59. The molecule has 0 unspecified atom stereocenters. The molecule has 0 saturated carbocycles. The minimum absolute atomic E-state index is 0.159.